The van der Waals surface area contributed by atoms with Gasteiger partial charge in [0.05, 0.1) is 29.6 Å². The molecule has 7 heteroatoms. The van der Waals surface area contributed by atoms with Crippen molar-refractivity contribution in [3.8, 4) is 0 Å². The van der Waals surface area contributed by atoms with Gasteiger partial charge in [0, 0.05) is 25.3 Å². The van der Waals surface area contributed by atoms with Crippen molar-refractivity contribution >= 4 is 23.2 Å². The Hall–Kier alpha value is -2.12. The molecule has 7 nitrogen and oxygen atoms in total. The van der Waals surface area contributed by atoms with Crippen LogP contribution in [-0.2, 0) is 9.53 Å². The summed E-state index contributed by atoms with van der Waals surface area (Å²) >= 11 is 0. The van der Waals surface area contributed by atoms with Gasteiger partial charge in [-0.05, 0) is 43.9 Å². The number of nitrogens with one attached hydrogen (secondary N) is 2. The summed E-state index contributed by atoms with van der Waals surface area (Å²) < 4.78 is 5.89. The summed E-state index contributed by atoms with van der Waals surface area (Å²) in [6, 6.07) is 5.32. The lowest BCUT2D eigenvalue weighted by molar-refractivity contribution is -0.174. The molecule has 0 radical (unpaired) electrons. The quantitative estimate of drug-likeness (QED) is 0.711. The van der Waals surface area contributed by atoms with Crippen LogP contribution < -0.4 is 10.6 Å². The Balaban J connectivity index is 1.46. The molecule has 0 aromatic heterocycles. The number of nitrogens with zero attached hydrogens (tertiary/aromatic N) is 1. The van der Waals surface area contributed by atoms with Crippen LogP contribution >= 0.6 is 0 Å². The third-order valence-corrected chi connectivity index (χ3v) is 5.50. The molecule has 1 atom stereocenters. The Morgan fingerprint density at radius 1 is 1.28 bits per heavy atom. The second-order valence-electron chi connectivity index (χ2n) is 7.03. The third-order valence-electron chi connectivity index (χ3n) is 5.50. The second kappa shape index (κ2) is 6.31. The summed E-state index contributed by atoms with van der Waals surface area (Å²) in [5.74, 6) is -0.164. The molecular formula is C18H23N3O4. The molecule has 134 valence electrons. The fraction of sp³-hybridized carbons (Fsp3) is 0.556. The van der Waals surface area contributed by atoms with Crippen LogP contribution in [0.5, 0.6) is 0 Å². The summed E-state index contributed by atoms with van der Waals surface area (Å²) in [6.07, 6.45) is 2.53. The van der Waals surface area contributed by atoms with Crippen LogP contribution in [0.4, 0.5) is 11.4 Å². The van der Waals surface area contributed by atoms with Crippen molar-refractivity contribution < 1.29 is 19.4 Å². The van der Waals surface area contributed by atoms with Crippen LogP contribution in [-0.4, -0.2) is 59.8 Å². The van der Waals surface area contributed by atoms with Gasteiger partial charge in [-0.15, -0.1) is 0 Å². The van der Waals surface area contributed by atoms with E-state index in [0.717, 1.165) is 18.5 Å². The van der Waals surface area contributed by atoms with Gasteiger partial charge in [0.2, 0.25) is 5.91 Å². The molecule has 0 saturated carbocycles. The fourth-order valence-corrected chi connectivity index (χ4v) is 3.96. The van der Waals surface area contributed by atoms with Crippen LogP contribution in [0, 0.1) is 0 Å². The molecule has 25 heavy (non-hydrogen) atoms. The Kier molecular flexibility index (Phi) is 4.13. The highest BCUT2D eigenvalue weighted by atomic mass is 16.5. The van der Waals surface area contributed by atoms with Gasteiger partial charge in [-0.2, -0.15) is 0 Å². The normalized spacial score (nSPS) is 25.1. The number of hydrogen-bond acceptors (Lipinski definition) is 5. The van der Waals surface area contributed by atoms with Gasteiger partial charge in [0.15, 0.2) is 0 Å². The highest BCUT2D eigenvalue weighted by Gasteiger charge is 2.44. The minimum Gasteiger partial charge on any atom is -0.390 e. The van der Waals surface area contributed by atoms with Gasteiger partial charge in [-0.3, -0.25) is 9.59 Å². The zero-order chi connectivity index (χ0) is 17.4. The van der Waals surface area contributed by atoms with E-state index in [2.05, 4.69) is 10.6 Å². The predicted molar refractivity (Wildman–Crippen MR) is 92.6 cm³/mol. The van der Waals surface area contributed by atoms with Gasteiger partial charge in [0.25, 0.3) is 5.91 Å². The van der Waals surface area contributed by atoms with E-state index in [0.29, 0.717) is 43.8 Å². The number of fused-ring (bicyclic) bond motifs is 1. The lowest BCUT2D eigenvalue weighted by Gasteiger charge is -2.46. The average molecular weight is 345 g/mol. The highest BCUT2D eigenvalue weighted by molar-refractivity contribution is 6.03. The van der Waals surface area contributed by atoms with Crippen molar-refractivity contribution in [2.75, 3.05) is 36.9 Å². The molecule has 2 amide bonds. The number of rotatable bonds is 1. The van der Waals surface area contributed by atoms with E-state index in [1.54, 1.807) is 17.0 Å². The molecule has 3 heterocycles. The van der Waals surface area contributed by atoms with Crippen molar-refractivity contribution in [2.24, 2.45) is 0 Å². The van der Waals surface area contributed by atoms with Crippen LogP contribution in [0.3, 0.4) is 0 Å². The Morgan fingerprint density at radius 3 is 2.84 bits per heavy atom. The van der Waals surface area contributed by atoms with E-state index in [-0.39, 0.29) is 18.4 Å². The van der Waals surface area contributed by atoms with Crippen molar-refractivity contribution in [3.05, 3.63) is 23.8 Å². The summed E-state index contributed by atoms with van der Waals surface area (Å²) in [4.78, 5) is 26.1. The summed E-state index contributed by atoms with van der Waals surface area (Å²) in [5, 5.41) is 16.1. The van der Waals surface area contributed by atoms with E-state index in [4.69, 9.17) is 4.74 Å². The first-order valence-electron chi connectivity index (χ1n) is 8.86. The van der Waals surface area contributed by atoms with E-state index in [9.17, 15) is 14.7 Å². The molecule has 0 bridgehead atoms. The SMILES string of the molecule is O=C1CNc2ccc(C(=O)N3CCC4(CC3)OCCCC4O)cc2N1. The van der Waals surface area contributed by atoms with Gasteiger partial charge in [-0.25, -0.2) is 0 Å². The summed E-state index contributed by atoms with van der Waals surface area (Å²) in [5.41, 5.74) is 1.54. The second-order valence-corrected chi connectivity index (χ2v) is 7.03. The lowest BCUT2D eigenvalue weighted by Crippen LogP contribution is -2.56. The first-order valence-corrected chi connectivity index (χ1v) is 8.86. The molecule has 3 N–H and O–H groups in total. The first-order chi connectivity index (χ1) is 12.1. The molecule has 1 aromatic rings. The molecule has 3 aliphatic heterocycles. The van der Waals surface area contributed by atoms with Gasteiger partial charge >= 0.3 is 0 Å². The fourth-order valence-electron chi connectivity index (χ4n) is 3.96. The van der Waals surface area contributed by atoms with Crippen molar-refractivity contribution in [1.29, 1.82) is 0 Å². The number of likely N-dealkylation sites (tertiary alicyclic amines) is 1. The standard InChI is InChI=1S/C18H23N3O4/c22-15-2-1-9-25-18(15)5-7-21(8-6-18)17(24)12-3-4-13-14(10-12)20-16(23)11-19-13/h3-4,10,15,19,22H,1-2,5-9,11H2,(H,20,23). The Morgan fingerprint density at radius 2 is 2.08 bits per heavy atom. The average Bonchev–Trinajstić information content (AvgIpc) is 2.64. The zero-order valence-corrected chi connectivity index (χ0v) is 14.1. The maximum Gasteiger partial charge on any atom is 0.253 e. The molecule has 1 spiro atoms. The highest BCUT2D eigenvalue weighted by Crippen LogP contribution is 2.36. The molecule has 2 fully saturated rings. The number of carbonyl (C=O) groups excluding carboxylic acids is 2. The molecule has 1 aromatic carbocycles. The van der Waals surface area contributed by atoms with Crippen molar-refractivity contribution in [1.82, 2.24) is 4.90 Å². The smallest absolute Gasteiger partial charge is 0.253 e. The van der Waals surface area contributed by atoms with Crippen LogP contribution in [0.25, 0.3) is 0 Å². The van der Waals surface area contributed by atoms with Gasteiger partial charge in [0.1, 0.15) is 0 Å². The van der Waals surface area contributed by atoms with E-state index >= 15 is 0 Å². The molecular weight excluding hydrogens is 322 g/mol. The molecule has 1 unspecified atom stereocenters. The predicted octanol–water partition coefficient (Wildman–Crippen LogP) is 1.20. The van der Waals surface area contributed by atoms with Gasteiger partial charge in [-0.1, -0.05) is 0 Å². The summed E-state index contributed by atoms with van der Waals surface area (Å²) in [7, 11) is 0. The van der Waals surface area contributed by atoms with Crippen LogP contribution in [0.1, 0.15) is 36.0 Å². The monoisotopic (exact) mass is 345 g/mol. The van der Waals surface area contributed by atoms with Crippen molar-refractivity contribution in [2.45, 2.75) is 37.4 Å². The number of hydrogen-bond donors (Lipinski definition) is 3. The minimum atomic E-state index is -0.483. The van der Waals surface area contributed by atoms with Gasteiger partial charge < -0.3 is 25.4 Å². The molecule has 3 aliphatic rings. The topological polar surface area (TPSA) is 90.9 Å². The maximum atomic E-state index is 12.8. The number of ether oxygens (including phenoxy) is 1. The number of anilines is 2. The third kappa shape index (κ3) is 2.98. The van der Waals surface area contributed by atoms with Crippen LogP contribution in [0.15, 0.2) is 18.2 Å². The van der Waals surface area contributed by atoms with Crippen LogP contribution in [0.2, 0.25) is 0 Å². The van der Waals surface area contributed by atoms with E-state index in [1.165, 1.54) is 0 Å². The largest absolute Gasteiger partial charge is 0.390 e. The first kappa shape index (κ1) is 16.4. The maximum absolute atomic E-state index is 12.8. The number of carbonyl (C=O) groups is 2. The number of piperidine rings is 1. The van der Waals surface area contributed by atoms with E-state index < -0.39 is 11.7 Å². The Labute approximate surface area is 146 Å². The molecule has 2 saturated heterocycles. The minimum absolute atomic E-state index is 0.0530. The van der Waals surface area contributed by atoms with E-state index in [1.807, 2.05) is 6.07 Å². The van der Waals surface area contributed by atoms with Crippen molar-refractivity contribution in [3.63, 3.8) is 0 Å². The number of aliphatic hydroxyl groups is 1. The lowest BCUT2D eigenvalue weighted by atomic mass is 9.82. The number of amides is 2. The number of benzene rings is 1. The zero-order valence-electron chi connectivity index (χ0n) is 14.1. The molecule has 0 aliphatic carbocycles. The summed E-state index contributed by atoms with van der Waals surface area (Å²) in [6.45, 7) is 2.06. The number of aliphatic hydroxyl groups excluding tert-OH is 1. The molecule has 4 rings (SSSR count). The Bertz CT molecular complexity index is 698.